The van der Waals surface area contributed by atoms with Gasteiger partial charge in [0.25, 0.3) is 5.91 Å². The molecular formula is C19H18N2O2. The van der Waals surface area contributed by atoms with Gasteiger partial charge in [0, 0.05) is 29.2 Å². The first-order valence-electron chi connectivity index (χ1n) is 7.83. The van der Waals surface area contributed by atoms with Gasteiger partial charge in [0.15, 0.2) is 0 Å². The van der Waals surface area contributed by atoms with Gasteiger partial charge >= 0.3 is 0 Å². The zero-order valence-electron chi connectivity index (χ0n) is 13.0. The molecule has 1 N–H and O–H groups in total. The molecule has 2 heterocycles. The number of fused-ring (bicyclic) bond motifs is 2. The molecule has 2 aromatic carbocycles. The number of H-pyrrole nitrogens is 1. The van der Waals surface area contributed by atoms with Gasteiger partial charge in [0.2, 0.25) is 0 Å². The highest BCUT2D eigenvalue weighted by Gasteiger charge is 2.24. The van der Waals surface area contributed by atoms with Gasteiger partial charge < -0.3 is 14.6 Å². The Morgan fingerprint density at radius 3 is 2.91 bits per heavy atom. The van der Waals surface area contributed by atoms with Crippen LogP contribution in [0.1, 0.15) is 22.5 Å². The number of methoxy groups -OCH3 is 1. The molecule has 4 nitrogen and oxygen atoms in total. The van der Waals surface area contributed by atoms with Crippen molar-refractivity contribution < 1.29 is 9.53 Å². The molecule has 1 aromatic heterocycles. The molecule has 4 heteroatoms. The molecule has 1 aliphatic heterocycles. The molecular weight excluding hydrogens is 288 g/mol. The summed E-state index contributed by atoms with van der Waals surface area (Å²) in [6.07, 6.45) is 2.03. The lowest BCUT2D eigenvalue weighted by atomic mass is 10.0. The second-order valence-corrected chi connectivity index (χ2v) is 5.83. The third kappa shape index (κ3) is 2.36. The van der Waals surface area contributed by atoms with Gasteiger partial charge in [-0.15, -0.1) is 0 Å². The van der Waals surface area contributed by atoms with E-state index in [0.717, 1.165) is 41.7 Å². The third-order valence-corrected chi connectivity index (χ3v) is 4.42. The van der Waals surface area contributed by atoms with E-state index in [1.165, 1.54) is 5.56 Å². The van der Waals surface area contributed by atoms with Crippen molar-refractivity contribution in [2.24, 2.45) is 0 Å². The number of nitrogens with one attached hydrogen (secondary N) is 1. The molecule has 3 aromatic rings. The fourth-order valence-electron chi connectivity index (χ4n) is 3.24. The molecule has 116 valence electrons. The van der Waals surface area contributed by atoms with Crippen LogP contribution in [0.3, 0.4) is 0 Å². The molecule has 0 saturated heterocycles. The van der Waals surface area contributed by atoms with Crippen LogP contribution in [-0.2, 0) is 6.42 Å². The van der Waals surface area contributed by atoms with Crippen LogP contribution in [0.15, 0.2) is 48.5 Å². The number of aryl methyl sites for hydroxylation is 1. The molecule has 0 bridgehead atoms. The van der Waals surface area contributed by atoms with Crippen LogP contribution in [-0.4, -0.2) is 24.5 Å². The Morgan fingerprint density at radius 2 is 2.04 bits per heavy atom. The normalized spacial score (nSPS) is 13.9. The smallest absolute Gasteiger partial charge is 0.274 e. The molecule has 0 aliphatic carbocycles. The Hall–Kier alpha value is -2.75. The number of benzene rings is 2. The molecule has 0 fully saturated rings. The monoisotopic (exact) mass is 306 g/mol. The van der Waals surface area contributed by atoms with Crippen molar-refractivity contribution in [3.63, 3.8) is 0 Å². The average Bonchev–Trinajstić information content (AvgIpc) is 3.03. The van der Waals surface area contributed by atoms with Crippen LogP contribution < -0.4 is 9.64 Å². The molecule has 23 heavy (non-hydrogen) atoms. The van der Waals surface area contributed by atoms with Crippen LogP contribution in [0.25, 0.3) is 10.9 Å². The van der Waals surface area contributed by atoms with Crippen LogP contribution in [0, 0.1) is 0 Å². The number of anilines is 1. The standard InChI is InChI=1S/C19H18N2O2/c1-23-15-9-8-14-11-17(20-16(14)12-15)19(22)21-10-4-6-13-5-2-3-7-18(13)21/h2-3,5,7-9,11-12,20H,4,6,10H2,1H3. The predicted molar refractivity (Wildman–Crippen MR) is 91.3 cm³/mol. The van der Waals surface area contributed by atoms with E-state index in [9.17, 15) is 4.79 Å². The first-order valence-corrected chi connectivity index (χ1v) is 7.83. The Kier molecular flexibility index (Phi) is 3.30. The van der Waals surface area contributed by atoms with Crippen molar-refractivity contribution in [2.45, 2.75) is 12.8 Å². The predicted octanol–water partition coefficient (Wildman–Crippen LogP) is 3.77. The highest BCUT2D eigenvalue weighted by Crippen LogP contribution is 2.29. The molecule has 0 radical (unpaired) electrons. The van der Waals surface area contributed by atoms with E-state index < -0.39 is 0 Å². The molecule has 1 amide bonds. The maximum absolute atomic E-state index is 12.9. The number of amides is 1. The number of para-hydroxylation sites is 1. The SMILES string of the molecule is COc1ccc2cc(C(=O)N3CCCc4ccccc43)[nH]c2c1. The molecule has 0 spiro atoms. The van der Waals surface area contributed by atoms with E-state index in [0.29, 0.717) is 5.69 Å². The van der Waals surface area contributed by atoms with Crippen LogP contribution in [0.5, 0.6) is 5.75 Å². The molecule has 1 aliphatic rings. The summed E-state index contributed by atoms with van der Waals surface area (Å²) in [5.41, 5.74) is 3.80. The molecule has 0 unspecified atom stereocenters. The highest BCUT2D eigenvalue weighted by atomic mass is 16.5. The van der Waals surface area contributed by atoms with Gasteiger partial charge in [-0.25, -0.2) is 0 Å². The fraction of sp³-hybridized carbons (Fsp3) is 0.211. The summed E-state index contributed by atoms with van der Waals surface area (Å²) in [5, 5.41) is 1.01. The number of hydrogen-bond donors (Lipinski definition) is 1. The minimum atomic E-state index is 0.0207. The number of nitrogens with zero attached hydrogens (tertiary/aromatic N) is 1. The van der Waals surface area contributed by atoms with Gasteiger partial charge in [-0.3, -0.25) is 4.79 Å². The quantitative estimate of drug-likeness (QED) is 0.783. The second-order valence-electron chi connectivity index (χ2n) is 5.83. The lowest BCUT2D eigenvalue weighted by molar-refractivity contribution is 0.0981. The fourth-order valence-corrected chi connectivity index (χ4v) is 3.24. The third-order valence-electron chi connectivity index (χ3n) is 4.42. The van der Waals surface area contributed by atoms with Gasteiger partial charge in [-0.2, -0.15) is 0 Å². The van der Waals surface area contributed by atoms with Crippen molar-refractivity contribution in [2.75, 3.05) is 18.6 Å². The number of ether oxygens (including phenoxy) is 1. The van der Waals surface area contributed by atoms with Gasteiger partial charge in [-0.05, 0) is 42.7 Å². The largest absolute Gasteiger partial charge is 0.497 e. The van der Waals surface area contributed by atoms with E-state index in [-0.39, 0.29) is 5.91 Å². The topological polar surface area (TPSA) is 45.3 Å². The summed E-state index contributed by atoms with van der Waals surface area (Å²) in [7, 11) is 1.64. The van der Waals surface area contributed by atoms with Crippen molar-refractivity contribution in [3.05, 3.63) is 59.8 Å². The van der Waals surface area contributed by atoms with Crippen LogP contribution in [0.2, 0.25) is 0 Å². The van der Waals surface area contributed by atoms with Gasteiger partial charge in [0.05, 0.1) is 7.11 Å². The maximum atomic E-state index is 12.9. The van der Waals surface area contributed by atoms with E-state index >= 15 is 0 Å². The molecule has 4 rings (SSSR count). The second kappa shape index (κ2) is 5.47. The summed E-state index contributed by atoms with van der Waals surface area (Å²) in [5.74, 6) is 0.800. The molecule has 0 saturated carbocycles. The van der Waals surface area contributed by atoms with Gasteiger partial charge in [0.1, 0.15) is 11.4 Å². The summed E-state index contributed by atoms with van der Waals surface area (Å²) in [6, 6.07) is 15.8. The number of aromatic amines is 1. The van der Waals surface area contributed by atoms with Crippen molar-refractivity contribution in [1.82, 2.24) is 4.98 Å². The molecule has 0 atom stereocenters. The minimum absolute atomic E-state index is 0.0207. The van der Waals surface area contributed by atoms with E-state index in [2.05, 4.69) is 11.1 Å². The first-order chi connectivity index (χ1) is 11.3. The zero-order valence-corrected chi connectivity index (χ0v) is 13.0. The summed E-state index contributed by atoms with van der Waals surface area (Å²) in [4.78, 5) is 18.1. The number of hydrogen-bond acceptors (Lipinski definition) is 2. The van der Waals surface area contributed by atoms with E-state index in [1.807, 2.05) is 47.4 Å². The Bertz CT molecular complexity index is 882. The zero-order chi connectivity index (χ0) is 15.8. The first kappa shape index (κ1) is 13.9. The lowest BCUT2D eigenvalue weighted by Gasteiger charge is -2.29. The maximum Gasteiger partial charge on any atom is 0.274 e. The van der Waals surface area contributed by atoms with E-state index in [4.69, 9.17) is 4.74 Å². The highest BCUT2D eigenvalue weighted by molar-refractivity contribution is 6.08. The van der Waals surface area contributed by atoms with Crippen molar-refractivity contribution in [1.29, 1.82) is 0 Å². The van der Waals surface area contributed by atoms with Crippen LogP contribution >= 0.6 is 0 Å². The number of carbonyl (C=O) groups excluding carboxylic acids is 1. The summed E-state index contributed by atoms with van der Waals surface area (Å²) >= 11 is 0. The number of rotatable bonds is 2. The Labute approximate surface area is 134 Å². The number of carbonyl (C=O) groups is 1. The Morgan fingerprint density at radius 1 is 1.17 bits per heavy atom. The van der Waals surface area contributed by atoms with Crippen LogP contribution in [0.4, 0.5) is 5.69 Å². The summed E-state index contributed by atoms with van der Waals surface area (Å²) in [6.45, 7) is 0.758. The summed E-state index contributed by atoms with van der Waals surface area (Å²) < 4.78 is 5.24. The minimum Gasteiger partial charge on any atom is -0.497 e. The average molecular weight is 306 g/mol. The lowest BCUT2D eigenvalue weighted by Crippen LogP contribution is -2.35. The number of aromatic nitrogens is 1. The van der Waals surface area contributed by atoms with E-state index in [1.54, 1.807) is 7.11 Å². The van der Waals surface area contributed by atoms with Crippen molar-refractivity contribution >= 4 is 22.5 Å². The Balaban J connectivity index is 1.72. The van der Waals surface area contributed by atoms with Gasteiger partial charge in [-0.1, -0.05) is 18.2 Å². The van der Waals surface area contributed by atoms with Crippen molar-refractivity contribution in [3.8, 4) is 5.75 Å².